The first kappa shape index (κ1) is 41.2. The van der Waals surface area contributed by atoms with Gasteiger partial charge in [0.1, 0.15) is 0 Å². The SMILES string of the molecule is c1ccc2c(c1)-c1ccccc1[Si]21c2ccccc2-c2ccc(-c3ccc4c5ccccc5c5c6cc(-c7ccc8c(c7)[Si]7(c9ccccc9-c9ccccc97)c7ccccc7-8)ccc6c6ccccc6c5c4c3)cc21. The molecule has 0 aliphatic carbocycles. The Labute approximate surface area is 442 Å². The van der Waals surface area contributed by atoms with Crippen LogP contribution >= 0.6 is 0 Å². The molecule has 0 nitrogen and oxygen atoms in total. The van der Waals surface area contributed by atoms with E-state index in [1.807, 2.05) is 0 Å². The molecule has 0 fully saturated rings. The van der Waals surface area contributed by atoms with Crippen LogP contribution in [0.25, 0.3) is 121 Å². The molecule has 18 rings (SSSR count). The van der Waals surface area contributed by atoms with Crippen LogP contribution in [0.5, 0.6) is 0 Å². The number of hydrogen-bond donors (Lipinski definition) is 0. The quantitative estimate of drug-likeness (QED) is 0.120. The summed E-state index contributed by atoms with van der Waals surface area (Å²) in [5.74, 6) is 0. The van der Waals surface area contributed by atoms with E-state index in [4.69, 9.17) is 0 Å². The maximum atomic E-state index is 2.59. The van der Waals surface area contributed by atoms with Crippen LogP contribution in [-0.4, -0.2) is 16.1 Å². The van der Waals surface area contributed by atoms with Crippen LogP contribution in [0.1, 0.15) is 0 Å². The largest absolute Gasteiger partial charge is 0.182 e. The van der Waals surface area contributed by atoms with Crippen LogP contribution in [0.2, 0.25) is 0 Å². The molecule has 0 amide bonds. The molecule has 0 N–H and O–H groups in total. The average molecular weight is 989 g/mol. The summed E-state index contributed by atoms with van der Waals surface area (Å²) < 4.78 is 0. The molecule has 14 aromatic carbocycles. The van der Waals surface area contributed by atoms with Gasteiger partial charge in [0.05, 0.1) is 0 Å². The summed E-state index contributed by atoms with van der Waals surface area (Å²) in [7, 11) is -5.22. The molecule has 14 aromatic rings. The summed E-state index contributed by atoms with van der Waals surface area (Å²) in [4.78, 5) is 0. The fraction of sp³-hybridized carbons (Fsp3) is 0. The molecule has 4 aliphatic heterocycles. The Morgan fingerprint density at radius 3 is 0.724 bits per heavy atom. The van der Waals surface area contributed by atoms with Crippen LogP contribution in [-0.2, 0) is 0 Å². The molecule has 0 radical (unpaired) electrons. The third-order valence-electron chi connectivity index (χ3n) is 18.5. The Hall–Kier alpha value is -9.19. The van der Waals surface area contributed by atoms with Gasteiger partial charge in [-0.15, -0.1) is 0 Å². The molecule has 0 bridgehead atoms. The first-order chi connectivity index (χ1) is 37.7. The predicted molar refractivity (Wildman–Crippen MR) is 328 cm³/mol. The molecule has 0 unspecified atom stereocenters. The lowest BCUT2D eigenvalue weighted by atomic mass is 9.85. The highest BCUT2D eigenvalue weighted by Gasteiger charge is 2.55. The first-order valence-electron chi connectivity index (χ1n) is 26.8. The van der Waals surface area contributed by atoms with Crippen molar-refractivity contribution in [3.63, 3.8) is 0 Å². The zero-order chi connectivity index (χ0) is 49.4. The Morgan fingerprint density at radius 1 is 0.158 bits per heavy atom. The summed E-state index contributed by atoms with van der Waals surface area (Å²) in [6.45, 7) is 0. The van der Waals surface area contributed by atoms with E-state index < -0.39 is 16.1 Å². The summed E-state index contributed by atoms with van der Waals surface area (Å²) in [6, 6.07) is 103. The van der Waals surface area contributed by atoms with Crippen molar-refractivity contribution in [2.24, 2.45) is 0 Å². The number of fused-ring (bicyclic) bond motifs is 31. The second-order valence-electron chi connectivity index (χ2n) is 21.7. The molecular formula is C74H44Si2. The first-order valence-corrected chi connectivity index (χ1v) is 30.8. The molecule has 4 heterocycles. The normalized spacial score (nSPS) is 14.3. The topological polar surface area (TPSA) is 0 Å². The monoisotopic (exact) mass is 988 g/mol. The van der Waals surface area contributed by atoms with E-state index in [9.17, 15) is 0 Å². The van der Waals surface area contributed by atoms with E-state index in [0.717, 1.165) is 0 Å². The molecule has 0 aromatic heterocycles. The summed E-state index contributed by atoms with van der Waals surface area (Å²) in [6.07, 6.45) is 0. The zero-order valence-electron chi connectivity index (χ0n) is 41.4. The van der Waals surface area contributed by atoms with Crippen molar-refractivity contribution in [2.45, 2.75) is 0 Å². The minimum absolute atomic E-state index is 1.25. The zero-order valence-corrected chi connectivity index (χ0v) is 43.4. The molecule has 0 saturated heterocycles. The van der Waals surface area contributed by atoms with Crippen molar-refractivity contribution < 1.29 is 0 Å². The molecule has 2 spiro atoms. The Bertz CT molecular complexity index is 4520. The number of hydrogen-bond acceptors (Lipinski definition) is 0. The highest BCUT2D eigenvalue weighted by Crippen LogP contribution is 2.47. The minimum Gasteiger partial charge on any atom is -0.0623 e. The molecule has 2 heteroatoms. The van der Waals surface area contributed by atoms with E-state index >= 15 is 0 Å². The number of benzene rings is 14. The summed E-state index contributed by atoms with van der Waals surface area (Å²) >= 11 is 0. The van der Waals surface area contributed by atoms with Crippen molar-refractivity contribution >= 4 is 112 Å². The lowest BCUT2D eigenvalue weighted by molar-refractivity contribution is 1.66. The van der Waals surface area contributed by atoms with Crippen LogP contribution in [0.15, 0.2) is 267 Å². The number of rotatable bonds is 2. The fourth-order valence-electron chi connectivity index (χ4n) is 15.6. The highest BCUT2D eigenvalue weighted by molar-refractivity contribution is 7.25. The smallest absolute Gasteiger partial charge is 0.0623 e. The van der Waals surface area contributed by atoms with Gasteiger partial charge >= 0.3 is 0 Å². The van der Waals surface area contributed by atoms with Gasteiger partial charge in [-0.2, -0.15) is 0 Å². The van der Waals surface area contributed by atoms with E-state index in [2.05, 4.69) is 267 Å². The fourth-order valence-corrected chi connectivity index (χ4v) is 26.9. The van der Waals surface area contributed by atoms with Crippen LogP contribution < -0.4 is 41.5 Å². The van der Waals surface area contributed by atoms with Gasteiger partial charge < -0.3 is 0 Å². The maximum Gasteiger partial charge on any atom is 0.182 e. The summed E-state index contributed by atoms with van der Waals surface area (Å²) in [5.41, 5.74) is 16.1. The summed E-state index contributed by atoms with van der Waals surface area (Å²) in [5, 5.41) is 25.0. The molecular weight excluding hydrogens is 945 g/mol. The molecule has 0 atom stereocenters. The molecule has 76 heavy (non-hydrogen) atoms. The standard InChI is InChI=1S/C74H44Si2/c1-3-25-61-49(17-1)51-37-33-45(47-35-39-59-57-23-9-15-31-69(57)75(71(59)43-47)65-27-11-5-19-53(65)54-20-6-12-28-66(54)75)41-63(51)74-62-26-4-2-18-50(62)52-38-34-46(42-64(52)73(61)74)48-36-40-60-58-24-10-16-32-70(58)76(72(60)44-48)67-29-13-7-21-55(67)56-22-8-14-30-68(56)76/h1-44H. The van der Waals surface area contributed by atoms with Gasteiger partial charge in [0.25, 0.3) is 0 Å². The van der Waals surface area contributed by atoms with Crippen LogP contribution in [0, 0.1) is 0 Å². The Kier molecular flexibility index (Phi) is 8.01. The van der Waals surface area contributed by atoms with Gasteiger partial charge in [-0.3, -0.25) is 0 Å². The lowest BCUT2D eigenvalue weighted by Crippen LogP contribution is -2.70. The van der Waals surface area contributed by atoms with Gasteiger partial charge in [0.2, 0.25) is 0 Å². The maximum absolute atomic E-state index is 2.61. The van der Waals surface area contributed by atoms with Crippen molar-refractivity contribution in [2.75, 3.05) is 0 Å². The Balaban J connectivity index is 0.878. The predicted octanol–water partition coefficient (Wildman–Crippen LogP) is 13.5. The molecule has 348 valence electrons. The average Bonchev–Trinajstić information content (AvgIpc) is 4.28. The van der Waals surface area contributed by atoms with Gasteiger partial charge in [-0.05, 0) is 174 Å². The van der Waals surface area contributed by atoms with Crippen LogP contribution in [0.4, 0.5) is 0 Å². The molecule has 4 aliphatic rings. The third kappa shape index (κ3) is 4.95. The van der Waals surface area contributed by atoms with Gasteiger partial charge in [-0.25, -0.2) is 0 Å². The second kappa shape index (κ2) is 14.8. The minimum atomic E-state index is -2.61. The van der Waals surface area contributed by atoms with Crippen LogP contribution in [0.3, 0.4) is 0 Å². The van der Waals surface area contributed by atoms with Gasteiger partial charge in [0, 0.05) is 0 Å². The highest BCUT2D eigenvalue weighted by atomic mass is 28.3. The van der Waals surface area contributed by atoms with Gasteiger partial charge in [0.15, 0.2) is 16.1 Å². The molecule has 0 saturated carbocycles. The lowest BCUT2D eigenvalue weighted by Gasteiger charge is -2.28. The van der Waals surface area contributed by atoms with E-state index in [1.54, 1.807) is 0 Å². The van der Waals surface area contributed by atoms with Crippen molar-refractivity contribution in [3.8, 4) is 66.8 Å². The van der Waals surface area contributed by atoms with Crippen molar-refractivity contribution in [3.05, 3.63) is 267 Å². The third-order valence-corrected chi connectivity index (χ3v) is 28.4. The second-order valence-corrected chi connectivity index (χ2v) is 29.0. The van der Waals surface area contributed by atoms with E-state index in [0.29, 0.717) is 0 Å². The Morgan fingerprint density at radius 2 is 0.395 bits per heavy atom. The van der Waals surface area contributed by atoms with Gasteiger partial charge in [-0.1, -0.05) is 255 Å². The van der Waals surface area contributed by atoms with Crippen molar-refractivity contribution in [1.82, 2.24) is 0 Å². The van der Waals surface area contributed by atoms with E-state index in [1.165, 1.54) is 162 Å². The van der Waals surface area contributed by atoms with Crippen molar-refractivity contribution in [1.29, 1.82) is 0 Å². The van der Waals surface area contributed by atoms with E-state index in [-0.39, 0.29) is 0 Å².